The van der Waals surface area contributed by atoms with Gasteiger partial charge in [-0.2, -0.15) is 9.78 Å². The minimum atomic E-state index is -0.157. The topological polar surface area (TPSA) is 51.0 Å². The van der Waals surface area contributed by atoms with E-state index in [4.69, 9.17) is 0 Å². The SMILES string of the molecule is CN1CCc2c(-c3ccc4c(=O)n(-c5ccccn5)ncc4c3)cccc21. The van der Waals surface area contributed by atoms with Crippen molar-refractivity contribution in [2.24, 2.45) is 0 Å². The lowest BCUT2D eigenvalue weighted by Gasteiger charge is -2.13. The van der Waals surface area contributed by atoms with Crippen molar-refractivity contribution in [1.82, 2.24) is 14.8 Å². The van der Waals surface area contributed by atoms with Crippen molar-refractivity contribution in [3.8, 4) is 16.9 Å². The quantitative estimate of drug-likeness (QED) is 0.553. The molecular formula is C22H18N4O. The number of anilines is 1. The van der Waals surface area contributed by atoms with Gasteiger partial charge in [0.2, 0.25) is 0 Å². The van der Waals surface area contributed by atoms with Crippen molar-refractivity contribution >= 4 is 16.5 Å². The van der Waals surface area contributed by atoms with Crippen LogP contribution in [0.25, 0.3) is 27.7 Å². The van der Waals surface area contributed by atoms with Crippen LogP contribution in [-0.4, -0.2) is 28.4 Å². The molecular weight excluding hydrogens is 336 g/mol. The van der Waals surface area contributed by atoms with Crippen LogP contribution >= 0.6 is 0 Å². The second-order valence-corrected chi connectivity index (χ2v) is 6.83. The van der Waals surface area contributed by atoms with Gasteiger partial charge in [0, 0.05) is 30.9 Å². The summed E-state index contributed by atoms with van der Waals surface area (Å²) in [5, 5.41) is 5.81. The van der Waals surface area contributed by atoms with Gasteiger partial charge in [0.05, 0.1) is 11.6 Å². The first-order chi connectivity index (χ1) is 13.2. The molecule has 0 saturated heterocycles. The molecule has 0 saturated carbocycles. The number of hydrogen-bond donors (Lipinski definition) is 0. The fraction of sp³-hybridized carbons (Fsp3) is 0.136. The summed E-state index contributed by atoms with van der Waals surface area (Å²) in [5.41, 5.74) is 4.85. The Morgan fingerprint density at radius 1 is 1.04 bits per heavy atom. The fourth-order valence-corrected chi connectivity index (χ4v) is 3.83. The highest BCUT2D eigenvalue weighted by Gasteiger charge is 2.19. The first-order valence-electron chi connectivity index (χ1n) is 8.99. The number of aromatic nitrogens is 3. The molecule has 0 aliphatic carbocycles. The Hall–Kier alpha value is -3.47. The molecule has 0 atom stereocenters. The third-order valence-corrected chi connectivity index (χ3v) is 5.22. The predicted octanol–water partition coefficient (Wildman–Crippen LogP) is 3.44. The van der Waals surface area contributed by atoms with Crippen molar-refractivity contribution in [3.05, 3.63) is 82.9 Å². The van der Waals surface area contributed by atoms with Crippen LogP contribution in [0, 0.1) is 0 Å². The molecule has 0 spiro atoms. The third kappa shape index (κ3) is 2.51. The number of hydrogen-bond acceptors (Lipinski definition) is 4. The number of rotatable bonds is 2. The first kappa shape index (κ1) is 15.8. The molecule has 5 heteroatoms. The highest BCUT2D eigenvalue weighted by molar-refractivity contribution is 5.88. The molecule has 1 aliphatic rings. The van der Waals surface area contributed by atoms with E-state index < -0.39 is 0 Å². The predicted molar refractivity (Wildman–Crippen MR) is 108 cm³/mol. The van der Waals surface area contributed by atoms with E-state index >= 15 is 0 Å². The van der Waals surface area contributed by atoms with Gasteiger partial charge in [-0.1, -0.05) is 24.3 Å². The van der Waals surface area contributed by atoms with Crippen LogP contribution in [0.3, 0.4) is 0 Å². The van der Waals surface area contributed by atoms with Gasteiger partial charge >= 0.3 is 0 Å². The monoisotopic (exact) mass is 354 g/mol. The van der Waals surface area contributed by atoms with Gasteiger partial charge in [-0.15, -0.1) is 0 Å². The Kier molecular flexibility index (Phi) is 3.53. The second kappa shape index (κ2) is 6.06. The molecule has 1 aliphatic heterocycles. The Labute approximate surface area is 156 Å². The molecule has 132 valence electrons. The summed E-state index contributed by atoms with van der Waals surface area (Å²) in [6.07, 6.45) is 4.44. The largest absolute Gasteiger partial charge is 0.374 e. The van der Waals surface area contributed by atoms with E-state index in [9.17, 15) is 4.79 Å². The van der Waals surface area contributed by atoms with Gasteiger partial charge in [0.1, 0.15) is 0 Å². The average molecular weight is 354 g/mol. The number of nitrogens with zero attached hydrogens (tertiary/aromatic N) is 4. The van der Waals surface area contributed by atoms with Crippen molar-refractivity contribution in [2.75, 3.05) is 18.5 Å². The molecule has 2 aromatic carbocycles. The van der Waals surface area contributed by atoms with E-state index in [-0.39, 0.29) is 5.56 Å². The molecule has 27 heavy (non-hydrogen) atoms. The summed E-state index contributed by atoms with van der Waals surface area (Å²) in [6.45, 7) is 1.04. The maximum Gasteiger partial charge on any atom is 0.280 e. The van der Waals surface area contributed by atoms with E-state index in [1.807, 2.05) is 24.3 Å². The van der Waals surface area contributed by atoms with Crippen LogP contribution in [0.15, 0.2) is 71.8 Å². The van der Waals surface area contributed by atoms with Gasteiger partial charge in [0.15, 0.2) is 5.82 Å². The number of fused-ring (bicyclic) bond motifs is 2. The first-order valence-corrected chi connectivity index (χ1v) is 8.99. The maximum atomic E-state index is 12.9. The number of pyridine rings is 1. The summed E-state index contributed by atoms with van der Waals surface area (Å²) in [6, 6.07) is 17.8. The Morgan fingerprint density at radius 3 is 2.81 bits per heavy atom. The average Bonchev–Trinajstić information content (AvgIpc) is 3.10. The highest BCUT2D eigenvalue weighted by atomic mass is 16.1. The van der Waals surface area contributed by atoms with Crippen molar-refractivity contribution < 1.29 is 0 Å². The fourth-order valence-electron chi connectivity index (χ4n) is 3.83. The van der Waals surface area contributed by atoms with Crippen molar-refractivity contribution in [3.63, 3.8) is 0 Å². The third-order valence-electron chi connectivity index (χ3n) is 5.22. The maximum absolute atomic E-state index is 12.9. The molecule has 0 N–H and O–H groups in total. The van der Waals surface area contributed by atoms with Crippen LogP contribution in [0.2, 0.25) is 0 Å². The summed E-state index contributed by atoms with van der Waals surface area (Å²) in [4.78, 5) is 19.4. The summed E-state index contributed by atoms with van der Waals surface area (Å²) < 4.78 is 1.34. The highest BCUT2D eigenvalue weighted by Crippen LogP contribution is 2.36. The Balaban J connectivity index is 1.65. The van der Waals surface area contributed by atoms with Gasteiger partial charge in [-0.05, 0) is 53.4 Å². The van der Waals surface area contributed by atoms with E-state index in [1.54, 1.807) is 18.5 Å². The minimum absolute atomic E-state index is 0.157. The number of likely N-dealkylation sites (N-methyl/N-ethyl adjacent to an activating group) is 1. The van der Waals surface area contributed by atoms with Gasteiger partial charge in [0.25, 0.3) is 5.56 Å². The van der Waals surface area contributed by atoms with Crippen LogP contribution in [-0.2, 0) is 6.42 Å². The molecule has 4 aromatic rings. The summed E-state index contributed by atoms with van der Waals surface area (Å²) >= 11 is 0. The second-order valence-electron chi connectivity index (χ2n) is 6.83. The van der Waals surface area contributed by atoms with Crippen LogP contribution < -0.4 is 10.5 Å². The molecule has 0 fully saturated rings. The van der Waals surface area contributed by atoms with Gasteiger partial charge < -0.3 is 4.90 Å². The van der Waals surface area contributed by atoms with E-state index in [1.165, 1.54) is 21.5 Å². The lowest BCUT2D eigenvalue weighted by Crippen LogP contribution is -2.21. The minimum Gasteiger partial charge on any atom is -0.374 e. The van der Waals surface area contributed by atoms with Crippen molar-refractivity contribution in [2.45, 2.75) is 6.42 Å². The van der Waals surface area contributed by atoms with Crippen molar-refractivity contribution in [1.29, 1.82) is 0 Å². The smallest absolute Gasteiger partial charge is 0.280 e. The lowest BCUT2D eigenvalue weighted by atomic mass is 9.96. The zero-order valence-electron chi connectivity index (χ0n) is 15.0. The molecule has 3 heterocycles. The standard InChI is InChI=1S/C22H18N4O/c1-25-12-10-19-17(5-4-6-20(19)25)15-8-9-18-16(13-15)14-24-26(22(18)27)21-7-2-3-11-23-21/h2-9,11,13-14H,10,12H2,1H3. The van der Waals surface area contributed by atoms with E-state index in [0.29, 0.717) is 11.2 Å². The molecule has 5 rings (SSSR count). The molecule has 0 unspecified atom stereocenters. The Bertz CT molecular complexity index is 1210. The van der Waals surface area contributed by atoms with Gasteiger partial charge in [-0.3, -0.25) is 4.79 Å². The van der Waals surface area contributed by atoms with Crippen LogP contribution in [0.4, 0.5) is 5.69 Å². The normalized spacial score (nSPS) is 13.1. The molecule has 2 aromatic heterocycles. The molecule has 0 radical (unpaired) electrons. The summed E-state index contributed by atoms with van der Waals surface area (Å²) in [7, 11) is 2.13. The zero-order chi connectivity index (χ0) is 18.4. The van der Waals surface area contributed by atoms with Gasteiger partial charge in [-0.25, -0.2) is 4.98 Å². The van der Waals surface area contributed by atoms with Crippen LogP contribution in [0.5, 0.6) is 0 Å². The molecule has 5 nitrogen and oxygen atoms in total. The summed E-state index contributed by atoms with van der Waals surface area (Å²) in [5.74, 6) is 0.525. The van der Waals surface area contributed by atoms with Crippen LogP contribution in [0.1, 0.15) is 5.56 Å². The lowest BCUT2D eigenvalue weighted by molar-refractivity contribution is 0.794. The molecule has 0 bridgehead atoms. The van der Waals surface area contributed by atoms with E-state index in [2.05, 4.69) is 46.3 Å². The van der Waals surface area contributed by atoms with E-state index in [0.717, 1.165) is 23.9 Å². The molecule has 0 amide bonds. The Morgan fingerprint density at radius 2 is 1.96 bits per heavy atom. The zero-order valence-corrected chi connectivity index (χ0v) is 15.0. The number of benzene rings is 2.